The normalized spacial score (nSPS) is 8.11. The quantitative estimate of drug-likeness (QED) is 0.647. The van der Waals surface area contributed by atoms with E-state index in [1.165, 1.54) is 0 Å². The molecule has 0 saturated heterocycles. The van der Waals surface area contributed by atoms with Crippen molar-refractivity contribution in [3.05, 3.63) is 28.7 Å². The van der Waals surface area contributed by atoms with Gasteiger partial charge in [0.25, 0.3) is 0 Å². The Labute approximate surface area is 105 Å². The van der Waals surface area contributed by atoms with Crippen molar-refractivity contribution in [1.29, 1.82) is 0 Å². The van der Waals surface area contributed by atoms with Gasteiger partial charge in [-0.15, -0.1) is 0 Å². The molecule has 0 radical (unpaired) electrons. The first-order chi connectivity index (χ1) is 3.80. The van der Waals surface area contributed by atoms with Crippen LogP contribution in [0.15, 0.2) is 28.7 Å². The molecule has 1 aromatic carbocycles. The summed E-state index contributed by atoms with van der Waals surface area (Å²) in [4.78, 5) is 0. The zero-order valence-electron chi connectivity index (χ0n) is 4.13. The second-order valence-corrected chi connectivity index (χ2v) is 2.31. The van der Waals surface area contributed by atoms with Crippen molar-refractivity contribution in [1.82, 2.24) is 0 Å². The maximum atomic E-state index is 8.87. The SMILES string of the molecule is Oc1ccccc1Br.[KH]. The number of halogens is 1. The Bertz CT molecular complexity index is 169. The number of phenols is 1. The van der Waals surface area contributed by atoms with E-state index in [-0.39, 0.29) is 57.1 Å². The van der Waals surface area contributed by atoms with Gasteiger partial charge in [-0.1, -0.05) is 12.1 Å². The zero-order chi connectivity index (χ0) is 5.98. The molecule has 0 bridgehead atoms. The van der Waals surface area contributed by atoms with Gasteiger partial charge in [0.2, 0.25) is 0 Å². The van der Waals surface area contributed by atoms with Crippen LogP contribution in [0, 0.1) is 0 Å². The molecule has 0 aliphatic carbocycles. The standard InChI is InChI=1S/C6H5BrO.K.H/c7-5-3-1-2-4-6(5)8;;/h1-4,8H;;. The summed E-state index contributed by atoms with van der Waals surface area (Å²) in [6.07, 6.45) is 0. The number of rotatable bonds is 0. The molecule has 0 spiro atoms. The van der Waals surface area contributed by atoms with E-state index in [4.69, 9.17) is 5.11 Å². The summed E-state index contributed by atoms with van der Waals surface area (Å²) in [7, 11) is 0. The Morgan fingerprint density at radius 3 is 2.11 bits per heavy atom. The third kappa shape index (κ3) is 3.16. The first-order valence-electron chi connectivity index (χ1n) is 2.24. The molecule has 1 aromatic rings. The van der Waals surface area contributed by atoms with E-state index in [0.717, 1.165) is 4.47 Å². The van der Waals surface area contributed by atoms with Crippen molar-refractivity contribution in [3.63, 3.8) is 0 Å². The molecule has 9 heavy (non-hydrogen) atoms. The fourth-order valence-electron chi connectivity index (χ4n) is 0.452. The molecular formula is C6H6BrKO. The van der Waals surface area contributed by atoms with Crippen LogP contribution >= 0.6 is 15.9 Å². The monoisotopic (exact) mass is 212 g/mol. The average molecular weight is 213 g/mol. The summed E-state index contributed by atoms with van der Waals surface area (Å²) < 4.78 is 0.736. The summed E-state index contributed by atoms with van der Waals surface area (Å²) >= 11 is 3.15. The molecule has 1 N–H and O–H groups in total. The first kappa shape index (κ1) is 10.1. The van der Waals surface area contributed by atoms with Crippen LogP contribution in [0.1, 0.15) is 0 Å². The van der Waals surface area contributed by atoms with Gasteiger partial charge in [0, 0.05) is 0 Å². The van der Waals surface area contributed by atoms with Crippen LogP contribution in [0.2, 0.25) is 0 Å². The Morgan fingerprint density at radius 1 is 1.22 bits per heavy atom. The summed E-state index contributed by atoms with van der Waals surface area (Å²) in [6.45, 7) is 0. The Balaban J connectivity index is 0.000000640. The van der Waals surface area contributed by atoms with Gasteiger partial charge in [0.15, 0.2) is 0 Å². The van der Waals surface area contributed by atoms with Crippen molar-refractivity contribution in [2.24, 2.45) is 0 Å². The van der Waals surface area contributed by atoms with E-state index in [2.05, 4.69) is 15.9 Å². The molecular weight excluding hydrogens is 207 g/mol. The molecule has 0 amide bonds. The Hall–Kier alpha value is 1.14. The van der Waals surface area contributed by atoms with Crippen LogP contribution in [0.5, 0.6) is 5.75 Å². The fraction of sp³-hybridized carbons (Fsp3) is 0. The number of para-hydroxylation sites is 1. The molecule has 44 valence electrons. The van der Waals surface area contributed by atoms with Gasteiger partial charge in [0.1, 0.15) is 5.75 Å². The summed E-state index contributed by atoms with van der Waals surface area (Å²) in [5.41, 5.74) is 0. The number of aromatic hydroxyl groups is 1. The van der Waals surface area contributed by atoms with E-state index >= 15 is 0 Å². The second kappa shape index (κ2) is 4.88. The molecule has 1 rings (SSSR count). The van der Waals surface area contributed by atoms with Gasteiger partial charge in [-0.2, -0.15) is 0 Å². The third-order valence-electron chi connectivity index (χ3n) is 0.852. The predicted octanol–water partition coefficient (Wildman–Crippen LogP) is 1.51. The van der Waals surface area contributed by atoms with Crippen LogP contribution in [0.3, 0.4) is 0 Å². The minimum atomic E-state index is 0. The van der Waals surface area contributed by atoms with Gasteiger partial charge in [-0.05, 0) is 28.1 Å². The number of benzene rings is 1. The van der Waals surface area contributed by atoms with Crippen LogP contribution in [-0.2, 0) is 0 Å². The molecule has 0 heterocycles. The molecule has 0 unspecified atom stereocenters. The van der Waals surface area contributed by atoms with Gasteiger partial charge in [-0.3, -0.25) is 0 Å². The third-order valence-corrected chi connectivity index (χ3v) is 1.52. The van der Waals surface area contributed by atoms with Crippen molar-refractivity contribution < 1.29 is 5.11 Å². The first-order valence-corrected chi connectivity index (χ1v) is 3.03. The Morgan fingerprint density at radius 2 is 1.78 bits per heavy atom. The van der Waals surface area contributed by atoms with Crippen molar-refractivity contribution >= 4 is 67.3 Å². The van der Waals surface area contributed by atoms with Crippen LogP contribution in [-0.4, -0.2) is 56.5 Å². The molecule has 0 aliphatic rings. The minimum absolute atomic E-state index is 0. The van der Waals surface area contributed by atoms with Crippen LogP contribution in [0.25, 0.3) is 0 Å². The zero-order valence-corrected chi connectivity index (χ0v) is 5.72. The predicted molar refractivity (Wildman–Crippen MR) is 43.0 cm³/mol. The number of hydrogen-bond acceptors (Lipinski definition) is 1. The molecule has 3 heteroatoms. The van der Waals surface area contributed by atoms with E-state index < -0.39 is 0 Å². The van der Waals surface area contributed by atoms with Crippen molar-refractivity contribution in [2.75, 3.05) is 0 Å². The number of hydrogen-bond donors (Lipinski definition) is 1. The Kier molecular flexibility index (Phi) is 5.49. The second-order valence-electron chi connectivity index (χ2n) is 1.45. The van der Waals surface area contributed by atoms with Crippen molar-refractivity contribution in [3.8, 4) is 5.75 Å². The molecule has 0 aliphatic heterocycles. The van der Waals surface area contributed by atoms with E-state index in [1.54, 1.807) is 18.2 Å². The van der Waals surface area contributed by atoms with Crippen molar-refractivity contribution in [2.45, 2.75) is 0 Å². The maximum absolute atomic E-state index is 8.87. The van der Waals surface area contributed by atoms with E-state index in [0.29, 0.717) is 0 Å². The van der Waals surface area contributed by atoms with Gasteiger partial charge >= 0.3 is 51.4 Å². The molecule has 0 aromatic heterocycles. The van der Waals surface area contributed by atoms with Gasteiger partial charge in [-0.25, -0.2) is 0 Å². The van der Waals surface area contributed by atoms with Gasteiger partial charge in [0.05, 0.1) is 4.47 Å². The number of phenolic OH excluding ortho intramolecular Hbond substituents is 1. The average Bonchev–Trinajstić information content (AvgIpc) is 1.77. The molecule has 1 nitrogen and oxygen atoms in total. The topological polar surface area (TPSA) is 20.2 Å². The molecule has 0 atom stereocenters. The van der Waals surface area contributed by atoms with E-state index in [1.807, 2.05) is 6.07 Å². The summed E-state index contributed by atoms with van der Waals surface area (Å²) in [5.74, 6) is 0.285. The fourth-order valence-corrected chi connectivity index (χ4v) is 0.737. The van der Waals surface area contributed by atoms with Crippen LogP contribution in [0.4, 0.5) is 0 Å². The molecule has 0 fully saturated rings. The summed E-state index contributed by atoms with van der Waals surface area (Å²) in [6, 6.07) is 7.04. The summed E-state index contributed by atoms with van der Waals surface area (Å²) in [5, 5.41) is 8.87. The van der Waals surface area contributed by atoms with E-state index in [9.17, 15) is 0 Å². The van der Waals surface area contributed by atoms with Crippen LogP contribution < -0.4 is 0 Å². The van der Waals surface area contributed by atoms with Gasteiger partial charge < -0.3 is 5.11 Å². The molecule has 0 saturated carbocycles.